The van der Waals surface area contributed by atoms with Crippen molar-refractivity contribution in [3.05, 3.63) is 39.7 Å². The zero-order valence-electron chi connectivity index (χ0n) is 15.1. The molecule has 0 bridgehead atoms. The van der Waals surface area contributed by atoms with E-state index in [2.05, 4.69) is 19.6 Å². The fourth-order valence-electron chi connectivity index (χ4n) is 2.39. The van der Waals surface area contributed by atoms with Gasteiger partial charge < -0.3 is 10.8 Å². The minimum atomic E-state index is -2.92. The van der Waals surface area contributed by atoms with E-state index in [4.69, 9.17) is 15.5 Å². The molecule has 2 rings (SSSR count). The molecule has 0 spiro atoms. The molecule has 12 nitrogen and oxygen atoms in total. The molecule has 29 heavy (non-hydrogen) atoms. The van der Waals surface area contributed by atoms with Crippen LogP contribution in [0.5, 0.6) is 5.88 Å². The summed E-state index contributed by atoms with van der Waals surface area (Å²) >= 11 is -2.33. The molecule has 0 saturated heterocycles. The van der Waals surface area contributed by atoms with Crippen LogP contribution >= 0.6 is 12.0 Å². The predicted molar refractivity (Wildman–Crippen MR) is 104 cm³/mol. The Hall–Kier alpha value is -2.62. The summed E-state index contributed by atoms with van der Waals surface area (Å²) < 4.78 is 25.5. The van der Waals surface area contributed by atoms with Gasteiger partial charge >= 0.3 is 0 Å². The van der Waals surface area contributed by atoms with Crippen LogP contribution in [0.3, 0.4) is 0 Å². The Morgan fingerprint density at radius 3 is 2.66 bits per heavy atom. The number of carbonyl (C=O) groups is 1. The normalized spacial score (nSPS) is 12.4. The first-order chi connectivity index (χ1) is 13.7. The Balaban J connectivity index is 2.66. The molecule has 14 heteroatoms. The largest absolute Gasteiger partial charge is 0.494 e. The number of rotatable bonds is 7. The Morgan fingerprint density at radius 2 is 2.07 bits per heavy atom. The maximum atomic E-state index is 12.6. The first kappa shape index (κ1) is 22.7. The monoisotopic (exact) mass is 444 g/mol. The van der Waals surface area contributed by atoms with Crippen LogP contribution in [0.25, 0.3) is 0 Å². The molecule has 0 radical (unpaired) electrons. The van der Waals surface area contributed by atoms with Gasteiger partial charge in [-0.05, 0) is 37.6 Å². The van der Waals surface area contributed by atoms with Crippen molar-refractivity contribution in [1.82, 2.24) is 4.57 Å². The molecule has 0 amide bonds. The summed E-state index contributed by atoms with van der Waals surface area (Å²) in [6.07, 6.45) is 0. The third-order valence-electron chi connectivity index (χ3n) is 3.73. The van der Waals surface area contributed by atoms with Gasteiger partial charge in [0.2, 0.25) is 17.0 Å². The number of hydrogen-bond acceptors (Lipinski definition) is 11. The average molecular weight is 444 g/mol. The fraction of sp³-hybridized carbons (Fsp3) is 0.200. The van der Waals surface area contributed by atoms with Crippen LogP contribution in [-0.2, 0) is 27.0 Å². The van der Waals surface area contributed by atoms with E-state index in [-0.39, 0.29) is 23.5 Å². The number of nitrogens with two attached hydrogens (primary N) is 1. The fourth-order valence-corrected chi connectivity index (χ4v) is 3.22. The van der Waals surface area contributed by atoms with Crippen LogP contribution in [0.15, 0.2) is 38.1 Å². The molecular formula is C15H16N4O8S2. The number of benzene rings is 1. The van der Waals surface area contributed by atoms with E-state index in [1.54, 1.807) is 0 Å². The molecule has 0 saturated carbocycles. The SMILES string of the molecule is CCn1c(O)c(C(=O)S(=O)O)c(C)c(N=Nc2cc(N)ccc2SOOO)c1=O. The quantitative estimate of drug-likeness (QED) is 0.123. The number of carbonyl (C=O) groups excluding carboxylic acids is 1. The van der Waals surface area contributed by atoms with E-state index >= 15 is 0 Å². The lowest BCUT2D eigenvalue weighted by Crippen LogP contribution is -2.23. The number of pyridine rings is 1. The average Bonchev–Trinajstić information content (AvgIpc) is 2.67. The minimum absolute atomic E-state index is 0.0348. The van der Waals surface area contributed by atoms with E-state index in [9.17, 15) is 18.9 Å². The molecule has 1 aromatic carbocycles. The summed E-state index contributed by atoms with van der Waals surface area (Å²) in [5, 5.41) is 28.5. The highest BCUT2D eigenvalue weighted by molar-refractivity contribution is 7.96. The first-order valence-corrected chi connectivity index (χ1v) is 9.65. The summed E-state index contributed by atoms with van der Waals surface area (Å²) in [6, 6.07) is 4.41. The smallest absolute Gasteiger partial charge is 0.282 e. The van der Waals surface area contributed by atoms with Crippen molar-refractivity contribution in [3.63, 3.8) is 0 Å². The highest BCUT2D eigenvalue weighted by Gasteiger charge is 2.26. The van der Waals surface area contributed by atoms with E-state index in [1.807, 2.05) is 0 Å². The lowest BCUT2D eigenvalue weighted by atomic mass is 10.1. The second kappa shape index (κ2) is 9.73. The summed E-state index contributed by atoms with van der Waals surface area (Å²) in [5.41, 5.74) is 4.44. The van der Waals surface area contributed by atoms with Gasteiger partial charge in [0, 0.05) is 12.2 Å². The zero-order valence-corrected chi connectivity index (χ0v) is 16.7. The Kier molecular flexibility index (Phi) is 7.60. The van der Waals surface area contributed by atoms with Crippen LogP contribution in [0.4, 0.5) is 17.1 Å². The van der Waals surface area contributed by atoms with E-state index in [1.165, 1.54) is 32.0 Å². The molecule has 5 N–H and O–H groups in total. The Morgan fingerprint density at radius 1 is 1.38 bits per heavy atom. The number of azo groups is 1. The number of nitrogens with zero attached hydrogens (tertiary/aromatic N) is 3. The highest BCUT2D eigenvalue weighted by atomic mass is 32.2. The van der Waals surface area contributed by atoms with Crippen molar-refractivity contribution in [2.75, 3.05) is 5.73 Å². The summed E-state index contributed by atoms with van der Waals surface area (Å²) in [7, 11) is 0. The number of aromatic hydroxyl groups is 1. The van der Waals surface area contributed by atoms with Gasteiger partial charge in [0.15, 0.2) is 5.69 Å². The standard InChI is InChI=1S/C15H16N4O8S2/c1-3-19-13(20)11(15(22)29(24)25)7(2)12(14(19)21)18-17-9-6-8(16)4-5-10(9)28-27-26-23/h4-6,20,23H,3,16H2,1-2H3,(H,24,25). The second-order valence-electron chi connectivity index (χ2n) is 5.41. The van der Waals surface area contributed by atoms with Crippen LogP contribution in [-0.4, -0.2) is 28.8 Å². The number of nitrogen functional groups attached to an aromatic ring is 1. The molecule has 0 aliphatic rings. The van der Waals surface area contributed by atoms with Crippen molar-refractivity contribution < 1.29 is 33.3 Å². The van der Waals surface area contributed by atoms with Gasteiger partial charge in [-0.3, -0.25) is 18.7 Å². The highest BCUT2D eigenvalue weighted by Crippen LogP contribution is 2.34. The molecule has 1 aromatic heterocycles. The van der Waals surface area contributed by atoms with E-state index in [0.29, 0.717) is 22.6 Å². The van der Waals surface area contributed by atoms with Crippen LogP contribution in [0.2, 0.25) is 0 Å². The molecular weight excluding hydrogens is 428 g/mol. The van der Waals surface area contributed by atoms with Gasteiger partial charge in [0.25, 0.3) is 10.7 Å². The van der Waals surface area contributed by atoms with Crippen molar-refractivity contribution in [2.45, 2.75) is 25.3 Å². The van der Waals surface area contributed by atoms with Crippen molar-refractivity contribution in [3.8, 4) is 5.88 Å². The van der Waals surface area contributed by atoms with Gasteiger partial charge in [0.1, 0.15) is 5.69 Å². The van der Waals surface area contributed by atoms with Crippen molar-refractivity contribution in [2.24, 2.45) is 10.2 Å². The lowest BCUT2D eigenvalue weighted by Gasteiger charge is -2.13. The molecule has 156 valence electrons. The van der Waals surface area contributed by atoms with E-state index < -0.39 is 33.2 Å². The first-order valence-electron chi connectivity index (χ1n) is 7.80. The summed E-state index contributed by atoms with van der Waals surface area (Å²) in [6.45, 7) is 2.78. The molecule has 0 fully saturated rings. The van der Waals surface area contributed by atoms with Crippen molar-refractivity contribution in [1.29, 1.82) is 0 Å². The zero-order chi connectivity index (χ0) is 21.7. The Labute approximate surface area is 170 Å². The van der Waals surface area contributed by atoms with E-state index in [0.717, 1.165) is 4.57 Å². The van der Waals surface area contributed by atoms with Gasteiger partial charge in [-0.25, -0.2) is 9.47 Å². The lowest BCUT2D eigenvalue weighted by molar-refractivity contribution is -0.432. The molecule has 1 heterocycles. The summed E-state index contributed by atoms with van der Waals surface area (Å²) in [4.78, 5) is 25.0. The number of aromatic nitrogens is 1. The number of anilines is 1. The van der Waals surface area contributed by atoms with Gasteiger partial charge in [-0.15, -0.1) is 14.6 Å². The maximum Gasteiger partial charge on any atom is 0.282 e. The molecule has 1 atom stereocenters. The molecule has 1 unspecified atom stereocenters. The number of hydrogen-bond donors (Lipinski definition) is 4. The maximum absolute atomic E-state index is 12.6. The topological polar surface area (TPSA) is 186 Å². The Bertz CT molecular complexity index is 1050. The van der Waals surface area contributed by atoms with Crippen molar-refractivity contribution >= 4 is 45.3 Å². The van der Waals surface area contributed by atoms with Gasteiger partial charge in [0.05, 0.1) is 22.5 Å². The third kappa shape index (κ3) is 4.87. The molecule has 0 aliphatic carbocycles. The van der Waals surface area contributed by atoms with Gasteiger partial charge in [-0.2, -0.15) is 0 Å². The van der Waals surface area contributed by atoms with Crippen LogP contribution < -0.4 is 11.3 Å². The van der Waals surface area contributed by atoms with Gasteiger partial charge in [-0.1, -0.05) is 5.04 Å². The van der Waals surface area contributed by atoms with Crippen LogP contribution in [0.1, 0.15) is 22.8 Å². The molecule has 2 aromatic rings. The molecule has 0 aliphatic heterocycles. The predicted octanol–water partition coefficient (Wildman–Crippen LogP) is 2.67. The third-order valence-corrected chi connectivity index (χ3v) is 4.91. The van der Waals surface area contributed by atoms with Crippen LogP contribution in [0, 0.1) is 6.92 Å². The minimum Gasteiger partial charge on any atom is -0.494 e. The second-order valence-corrected chi connectivity index (χ2v) is 7.02. The summed E-state index contributed by atoms with van der Waals surface area (Å²) in [5.74, 6) is -0.741.